The molecule has 0 aliphatic carbocycles. The first kappa shape index (κ1) is 57.9. The summed E-state index contributed by atoms with van der Waals surface area (Å²) >= 11 is 0. The minimum atomic E-state index is -4.60. The van der Waals surface area contributed by atoms with Gasteiger partial charge in [-0.05, 0) is 70.6 Å². The Morgan fingerprint density at radius 3 is 1.47 bits per heavy atom. The zero-order chi connectivity index (χ0) is 45.5. The topological polar surface area (TPSA) is 186 Å². The standard InChI is InChI=1S/C49H88O12S/c1-3-5-7-9-11-13-15-17-19-20-21-22-24-26-28-30-32-34-36-38-45(51)60-42(40-59-49-48(54)47(53)46(52)43(61-49)41-62(55,56)57)39-58-44(50)37-35-33-31-29-27-25-23-18-16-14-12-10-8-6-4-2/h12,14,17-19,23,42-43,46-49,52-54H,3-11,13,15-16,20-22,24-41H2,1-2H3,(H,55,56,57)/b14-12+,19-17+,23-18+/t42-,43-,46-,47?,48?,49+/m1/s1. The van der Waals surface area contributed by atoms with Crippen molar-refractivity contribution in [2.24, 2.45) is 0 Å². The lowest BCUT2D eigenvalue weighted by Gasteiger charge is -2.40. The molecule has 13 heteroatoms. The Bertz CT molecular complexity index is 1290. The van der Waals surface area contributed by atoms with E-state index in [0.717, 1.165) is 64.2 Å². The van der Waals surface area contributed by atoms with E-state index in [-0.39, 0.29) is 19.4 Å². The van der Waals surface area contributed by atoms with Crippen LogP contribution in [0.2, 0.25) is 0 Å². The molecule has 0 amide bonds. The van der Waals surface area contributed by atoms with Crippen molar-refractivity contribution >= 4 is 22.1 Å². The summed E-state index contributed by atoms with van der Waals surface area (Å²) in [5, 5.41) is 30.9. The third-order valence-corrected chi connectivity index (χ3v) is 11.9. The van der Waals surface area contributed by atoms with Crippen LogP contribution in [0, 0.1) is 0 Å². The maximum absolute atomic E-state index is 12.9. The highest BCUT2D eigenvalue weighted by Gasteiger charge is 2.46. The monoisotopic (exact) mass is 901 g/mol. The van der Waals surface area contributed by atoms with Gasteiger partial charge < -0.3 is 34.3 Å². The Balaban J connectivity index is 2.41. The van der Waals surface area contributed by atoms with E-state index in [9.17, 15) is 37.9 Å². The Morgan fingerprint density at radius 2 is 0.968 bits per heavy atom. The van der Waals surface area contributed by atoms with Crippen LogP contribution in [0.25, 0.3) is 0 Å². The zero-order valence-electron chi connectivity index (χ0n) is 38.7. The highest BCUT2D eigenvalue weighted by molar-refractivity contribution is 7.85. The normalized spacial score (nSPS) is 20.1. The Morgan fingerprint density at radius 1 is 0.548 bits per heavy atom. The van der Waals surface area contributed by atoms with Gasteiger partial charge in [-0.1, -0.05) is 159 Å². The number of ether oxygens (including phenoxy) is 4. The number of esters is 2. The van der Waals surface area contributed by atoms with Crippen molar-refractivity contribution in [1.82, 2.24) is 0 Å². The third kappa shape index (κ3) is 33.4. The number of unbranched alkanes of at least 4 members (excludes halogenated alkanes) is 23. The van der Waals surface area contributed by atoms with E-state index in [1.54, 1.807) is 0 Å². The summed E-state index contributed by atoms with van der Waals surface area (Å²) in [6, 6.07) is 0. The van der Waals surface area contributed by atoms with E-state index in [1.165, 1.54) is 103 Å². The SMILES string of the molecule is CCCCC/C=C/C/C=C/CCCCCCCC(=O)OC[C@H](CO[C@H]1O[C@H](CS(=O)(=O)O)[C@@H](O)C(O)C1O)OC(=O)CCCCCCCCCCC/C=C/CCCCCCCC. The van der Waals surface area contributed by atoms with Crippen LogP contribution >= 0.6 is 0 Å². The maximum Gasteiger partial charge on any atom is 0.306 e. The van der Waals surface area contributed by atoms with Crippen molar-refractivity contribution in [2.45, 2.75) is 243 Å². The Hall–Kier alpha value is -2.13. The van der Waals surface area contributed by atoms with Crippen molar-refractivity contribution in [1.29, 1.82) is 0 Å². The predicted octanol–water partition coefficient (Wildman–Crippen LogP) is 10.6. The molecule has 0 radical (unpaired) electrons. The van der Waals surface area contributed by atoms with E-state index in [1.807, 2.05) is 0 Å². The van der Waals surface area contributed by atoms with Gasteiger partial charge in [0.05, 0.1) is 6.61 Å². The van der Waals surface area contributed by atoms with Gasteiger partial charge in [0.2, 0.25) is 0 Å². The highest BCUT2D eigenvalue weighted by atomic mass is 32.2. The molecule has 4 N–H and O–H groups in total. The summed E-state index contributed by atoms with van der Waals surface area (Å²) in [6.45, 7) is 3.73. The van der Waals surface area contributed by atoms with Crippen molar-refractivity contribution < 1.29 is 56.8 Å². The van der Waals surface area contributed by atoms with Gasteiger partial charge >= 0.3 is 11.9 Å². The van der Waals surface area contributed by atoms with Gasteiger partial charge in [-0.3, -0.25) is 14.1 Å². The molecule has 0 saturated carbocycles. The van der Waals surface area contributed by atoms with Gasteiger partial charge in [0, 0.05) is 12.8 Å². The fourth-order valence-electron chi connectivity index (χ4n) is 7.35. The van der Waals surface area contributed by atoms with Crippen LogP contribution in [-0.4, -0.2) is 96.0 Å². The summed E-state index contributed by atoms with van der Waals surface area (Å²) < 4.78 is 54.1. The van der Waals surface area contributed by atoms with E-state index >= 15 is 0 Å². The molecule has 0 bridgehead atoms. The molecule has 0 spiro atoms. The van der Waals surface area contributed by atoms with Crippen LogP contribution in [0.3, 0.4) is 0 Å². The van der Waals surface area contributed by atoms with Crippen molar-refractivity contribution in [3.8, 4) is 0 Å². The Labute approximate surface area is 376 Å². The van der Waals surface area contributed by atoms with Gasteiger partial charge in [-0.25, -0.2) is 0 Å². The number of allylic oxidation sites excluding steroid dienone is 6. The fourth-order valence-corrected chi connectivity index (χ4v) is 8.04. The van der Waals surface area contributed by atoms with Crippen LogP contribution in [0.15, 0.2) is 36.5 Å². The molecule has 1 aliphatic heterocycles. The second kappa shape index (κ2) is 39.3. The molecule has 0 aromatic rings. The van der Waals surface area contributed by atoms with Gasteiger partial charge in [0.1, 0.15) is 36.8 Å². The molecule has 6 atom stereocenters. The molecule has 62 heavy (non-hydrogen) atoms. The van der Waals surface area contributed by atoms with Crippen molar-refractivity contribution in [2.75, 3.05) is 19.0 Å². The zero-order valence-corrected chi connectivity index (χ0v) is 39.5. The third-order valence-electron chi connectivity index (χ3n) is 11.2. The van der Waals surface area contributed by atoms with Crippen molar-refractivity contribution in [3.05, 3.63) is 36.5 Å². The molecular weight excluding hydrogens is 813 g/mol. The molecule has 12 nitrogen and oxygen atoms in total. The molecule has 1 rings (SSSR count). The van der Waals surface area contributed by atoms with Gasteiger partial charge in [-0.2, -0.15) is 8.42 Å². The number of hydrogen-bond donors (Lipinski definition) is 4. The van der Waals surface area contributed by atoms with Gasteiger partial charge in [0.25, 0.3) is 10.1 Å². The number of aliphatic hydroxyl groups is 3. The number of carbonyl (C=O) groups is 2. The molecule has 2 unspecified atom stereocenters. The second-order valence-corrected chi connectivity index (χ2v) is 18.6. The summed E-state index contributed by atoms with van der Waals surface area (Å²) in [7, 11) is -4.60. The lowest BCUT2D eigenvalue weighted by molar-refractivity contribution is -0.297. The molecule has 0 aromatic heterocycles. The minimum Gasteiger partial charge on any atom is -0.462 e. The highest BCUT2D eigenvalue weighted by Crippen LogP contribution is 2.24. The molecule has 1 aliphatic rings. The van der Waals surface area contributed by atoms with E-state index in [2.05, 4.69) is 50.3 Å². The molecule has 1 fully saturated rings. The lowest BCUT2D eigenvalue weighted by Crippen LogP contribution is -2.60. The second-order valence-electron chi connectivity index (χ2n) is 17.1. The van der Waals surface area contributed by atoms with Crippen LogP contribution in [0.4, 0.5) is 0 Å². The van der Waals surface area contributed by atoms with Crippen LogP contribution < -0.4 is 0 Å². The first-order valence-electron chi connectivity index (χ1n) is 24.5. The van der Waals surface area contributed by atoms with Crippen molar-refractivity contribution in [3.63, 3.8) is 0 Å². The van der Waals surface area contributed by atoms with E-state index in [0.29, 0.717) is 12.8 Å². The molecular formula is C49H88O12S. The average molecular weight is 901 g/mol. The fraction of sp³-hybridized carbons (Fsp3) is 0.837. The largest absolute Gasteiger partial charge is 0.462 e. The van der Waals surface area contributed by atoms with Gasteiger partial charge in [-0.15, -0.1) is 0 Å². The van der Waals surface area contributed by atoms with Crippen LogP contribution in [0.1, 0.15) is 206 Å². The summed E-state index contributed by atoms with van der Waals surface area (Å²) in [6.07, 6.45) is 36.1. The molecule has 0 aromatic carbocycles. The average Bonchev–Trinajstić information content (AvgIpc) is 3.24. The first-order chi connectivity index (χ1) is 30.0. The minimum absolute atomic E-state index is 0.159. The number of aliphatic hydroxyl groups excluding tert-OH is 3. The van der Waals surface area contributed by atoms with Crippen LogP contribution in [-0.2, 0) is 38.7 Å². The summed E-state index contributed by atoms with van der Waals surface area (Å²) in [5.74, 6) is -2.00. The molecule has 362 valence electrons. The number of carbonyl (C=O) groups excluding carboxylic acids is 2. The number of hydrogen-bond acceptors (Lipinski definition) is 11. The van der Waals surface area contributed by atoms with E-state index in [4.69, 9.17) is 18.9 Å². The quantitative estimate of drug-likeness (QED) is 0.0197. The Kier molecular flexibility index (Phi) is 36.6. The van der Waals surface area contributed by atoms with Gasteiger partial charge in [0.15, 0.2) is 12.4 Å². The van der Waals surface area contributed by atoms with E-state index < -0.39 is 71.2 Å². The summed E-state index contributed by atoms with van der Waals surface area (Å²) in [4.78, 5) is 25.5. The summed E-state index contributed by atoms with van der Waals surface area (Å²) in [5.41, 5.74) is 0. The maximum atomic E-state index is 12.9. The molecule has 1 saturated heterocycles. The van der Waals surface area contributed by atoms with Crippen LogP contribution in [0.5, 0.6) is 0 Å². The predicted molar refractivity (Wildman–Crippen MR) is 247 cm³/mol. The lowest BCUT2D eigenvalue weighted by atomic mass is 10.00. The molecule has 1 heterocycles. The number of rotatable bonds is 41. The smallest absolute Gasteiger partial charge is 0.306 e. The first-order valence-corrected chi connectivity index (χ1v) is 26.2.